The van der Waals surface area contributed by atoms with Gasteiger partial charge in [0.2, 0.25) is 0 Å². The Bertz CT molecular complexity index is 348. The lowest BCUT2D eigenvalue weighted by Crippen LogP contribution is -2.03. The van der Waals surface area contributed by atoms with E-state index in [9.17, 15) is 8.78 Å². The number of methoxy groups -OCH3 is 1. The molecule has 0 unspecified atom stereocenters. The van der Waals surface area contributed by atoms with Crippen molar-refractivity contribution in [3.8, 4) is 11.5 Å². The molecule has 0 radical (unpaired) electrons. The Kier molecular flexibility index (Phi) is 4.09. The third kappa shape index (κ3) is 3.23. The first-order valence-corrected chi connectivity index (χ1v) is 4.43. The van der Waals surface area contributed by atoms with Gasteiger partial charge in [0.15, 0.2) is 11.5 Å². The van der Waals surface area contributed by atoms with Crippen LogP contribution in [0.15, 0.2) is 24.3 Å². The highest BCUT2D eigenvalue weighted by molar-refractivity contribution is 5.55. The second kappa shape index (κ2) is 5.34. The summed E-state index contributed by atoms with van der Waals surface area (Å²) in [6, 6.07) is 4.78. The predicted octanol–water partition coefficient (Wildman–Crippen LogP) is 3.33. The van der Waals surface area contributed by atoms with Gasteiger partial charge < -0.3 is 9.47 Å². The molecule has 0 aliphatic heterocycles. The number of allylic oxidation sites excluding steroid dienone is 1. The molecule has 0 bridgehead atoms. The van der Waals surface area contributed by atoms with Crippen molar-refractivity contribution >= 4 is 6.08 Å². The van der Waals surface area contributed by atoms with E-state index >= 15 is 0 Å². The van der Waals surface area contributed by atoms with E-state index in [4.69, 9.17) is 4.74 Å². The van der Waals surface area contributed by atoms with Crippen molar-refractivity contribution in [1.29, 1.82) is 0 Å². The Hall–Kier alpha value is -1.58. The van der Waals surface area contributed by atoms with Crippen LogP contribution in [0.5, 0.6) is 11.5 Å². The zero-order valence-corrected chi connectivity index (χ0v) is 8.54. The highest BCUT2D eigenvalue weighted by atomic mass is 19.3. The molecule has 0 atom stereocenters. The summed E-state index contributed by atoms with van der Waals surface area (Å²) >= 11 is 0. The summed E-state index contributed by atoms with van der Waals surface area (Å²) in [6.07, 6.45) is 3.69. The second-order valence-electron chi connectivity index (χ2n) is 2.79. The number of rotatable bonds is 4. The predicted molar refractivity (Wildman–Crippen MR) is 54.3 cm³/mol. The molecule has 0 amide bonds. The normalized spacial score (nSPS) is 11.0. The first-order chi connectivity index (χ1) is 7.17. The average molecular weight is 214 g/mol. The van der Waals surface area contributed by atoms with E-state index in [1.54, 1.807) is 12.1 Å². The monoisotopic (exact) mass is 214 g/mol. The van der Waals surface area contributed by atoms with Crippen LogP contribution < -0.4 is 9.47 Å². The quantitative estimate of drug-likeness (QED) is 0.765. The molecule has 0 saturated carbocycles. The lowest BCUT2D eigenvalue weighted by molar-refractivity contribution is -0.0512. The summed E-state index contributed by atoms with van der Waals surface area (Å²) in [6.45, 7) is -0.970. The lowest BCUT2D eigenvalue weighted by Gasteiger charge is -2.09. The summed E-state index contributed by atoms with van der Waals surface area (Å²) < 4.78 is 33.2. The fourth-order valence-electron chi connectivity index (χ4n) is 1.17. The third-order valence-corrected chi connectivity index (χ3v) is 1.76. The summed E-state index contributed by atoms with van der Waals surface area (Å²) in [5.74, 6) is 0.339. The Labute approximate surface area is 87.1 Å². The minimum absolute atomic E-state index is 0.0424. The molecule has 0 aliphatic carbocycles. The topological polar surface area (TPSA) is 18.5 Å². The molecule has 0 fully saturated rings. The molecule has 4 heteroatoms. The van der Waals surface area contributed by atoms with Gasteiger partial charge >= 0.3 is 6.61 Å². The van der Waals surface area contributed by atoms with Crippen LogP contribution in [0.2, 0.25) is 0 Å². The van der Waals surface area contributed by atoms with Gasteiger partial charge in [-0.05, 0) is 24.6 Å². The molecular formula is C11H12F2O2. The number of ether oxygens (including phenoxy) is 2. The first kappa shape index (κ1) is 11.5. The average Bonchev–Trinajstić information content (AvgIpc) is 2.20. The van der Waals surface area contributed by atoms with Crippen molar-refractivity contribution in [2.45, 2.75) is 13.5 Å². The molecule has 0 heterocycles. The van der Waals surface area contributed by atoms with Gasteiger partial charge in [0.05, 0.1) is 7.11 Å². The molecule has 0 spiro atoms. The van der Waals surface area contributed by atoms with E-state index in [2.05, 4.69) is 4.74 Å². The number of benzene rings is 1. The first-order valence-electron chi connectivity index (χ1n) is 4.43. The van der Waals surface area contributed by atoms with Gasteiger partial charge in [-0.15, -0.1) is 0 Å². The molecule has 2 nitrogen and oxygen atoms in total. The number of alkyl halides is 2. The van der Waals surface area contributed by atoms with Crippen molar-refractivity contribution in [3.05, 3.63) is 29.8 Å². The molecule has 0 N–H and O–H groups in total. The molecule has 1 aromatic rings. The fraction of sp³-hybridized carbons (Fsp3) is 0.273. The van der Waals surface area contributed by atoms with Crippen molar-refractivity contribution in [1.82, 2.24) is 0 Å². The number of hydrogen-bond donors (Lipinski definition) is 0. The summed E-state index contributed by atoms with van der Waals surface area (Å²) in [7, 11) is 1.41. The minimum Gasteiger partial charge on any atom is -0.493 e. The van der Waals surface area contributed by atoms with Crippen LogP contribution in [0.25, 0.3) is 6.08 Å². The Morgan fingerprint density at radius 3 is 2.53 bits per heavy atom. The van der Waals surface area contributed by atoms with Crippen LogP contribution in [0.3, 0.4) is 0 Å². The van der Waals surface area contributed by atoms with E-state index < -0.39 is 6.61 Å². The zero-order valence-electron chi connectivity index (χ0n) is 8.54. The van der Waals surface area contributed by atoms with Gasteiger partial charge in [0.1, 0.15) is 0 Å². The van der Waals surface area contributed by atoms with Crippen molar-refractivity contribution in [2.24, 2.45) is 0 Å². The van der Waals surface area contributed by atoms with Gasteiger partial charge in [-0.1, -0.05) is 18.2 Å². The Morgan fingerprint density at radius 1 is 1.27 bits per heavy atom. The second-order valence-corrected chi connectivity index (χ2v) is 2.79. The minimum atomic E-state index is -2.84. The molecular weight excluding hydrogens is 202 g/mol. The van der Waals surface area contributed by atoms with Crippen LogP contribution in [-0.4, -0.2) is 13.7 Å². The zero-order chi connectivity index (χ0) is 11.3. The van der Waals surface area contributed by atoms with Gasteiger partial charge in [-0.2, -0.15) is 8.78 Å². The molecule has 1 rings (SSSR count). The summed E-state index contributed by atoms with van der Waals surface area (Å²) in [5.41, 5.74) is 0.871. The van der Waals surface area contributed by atoms with E-state index in [0.29, 0.717) is 5.75 Å². The Morgan fingerprint density at radius 2 is 2.00 bits per heavy atom. The lowest BCUT2D eigenvalue weighted by atomic mass is 10.2. The molecule has 0 aromatic heterocycles. The molecule has 15 heavy (non-hydrogen) atoms. The summed E-state index contributed by atoms with van der Waals surface area (Å²) in [5, 5.41) is 0. The largest absolute Gasteiger partial charge is 0.493 e. The maximum absolute atomic E-state index is 12.0. The molecule has 0 saturated heterocycles. The smallest absolute Gasteiger partial charge is 0.387 e. The standard InChI is InChI=1S/C11H12F2O2/c1-3-4-8-5-6-9(15-11(12)13)10(7-8)14-2/h3-7,11H,1-2H3/b4-3+. The van der Waals surface area contributed by atoms with Crippen molar-refractivity contribution < 1.29 is 18.3 Å². The van der Waals surface area contributed by atoms with Crippen LogP contribution in [0, 0.1) is 0 Å². The van der Waals surface area contributed by atoms with Crippen molar-refractivity contribution in [3.63, 3.8) is 0 Å². The van der Waals surface area contributed by atoms with Gasteiger partial charge in [0.25, 0.3) is 0 Å². The van der Waals surface area contributed by atoms with Crippen LogP contribution in [0.1, 0.15) is 12.5 Å². The third-order valence-electron chi connectivity index (χ3n) is 1.76. The van der Waals surface area contributed by atoms with E-state index in [-0.39, 0.29) is 5.75 Å². The van der Waals surface area contributed by atoms with Gasteiger partial charge in [-0.25, -0.2) is 0 Å². The molecule has 82 valence electrons. The highest BCUT2D eigenvalue weighted by Gasteiger charge is 2.09. The maximum atomic E-state index is 12.0. The fourth-order valence-corrected chi connectivity index (χ4v) is 1.17. The maximum Gasteiger partial charge on any atom is 0.387 e. The van der Waals surface area contributed by atoms with E-state index in [1.807, 2.05) is 19.1 Å². The van der Waals surface area contributed by atoms with E-state index in [1.165, 1.54) is 13.2 Å². The number of hydrogen-bond acceptors (Lipinski definition) is 2. The SMILES string of the molecule is C/C=C/c1ccc(OC(F)F)c(OC)c1. The highest BCUT2D eigenvalue weighted by Crippen LogP contribution is 2.29. The molecule has 1 aromatic carbocycles. The number of halogens is 2. The van der Waals surface area contributed by atoms with Gasteiger partial charge in [-0.3, -0.25) is 0 Å². The van der Waals surface area contributed by atoms with Crippen molar-refractivity contribution in [2.75, 3.05) is 7.11 Å². The van der Waals surface area contributed by atoms with Gasteiger partial charge in [0, 0.05) is 0 Å². The van der Waals surface area contributed by atoms with Crippen LogP contribution >= 0.6 is 0 Å². The summed E-state index contributed by atoms with van der Waals surface area (Å²) in [4.78, 5) is 0. The van der Waals surface area contributed by atoms with Crippen LogP contribution in [-0.2, 0) is 0 Å². The van der Waals surface area contributed by atoms with E-state index in [0.717, 1.165) is 5.56 Å². The Balaban J connectivity index is 2.98. The molecule has 0 aliphatic rings. The van der Waals surface area contributed by atoms with Crippen LogP contribution in [0.4, 0.5) is 8.78 Å².